The Kier molecular flexibility index (Phi) is 4.86. The highest BCUT2D eigenvalue weighted by Gasteiger charge is 2.19. The van der Waals surface area contributed by atoms with E-state index in [9.17, 15) is 13.2 Å². The molecule has 0 bridgehead atoms. The van der Waals surface area contributed by atoms with Crippen LogP contribution in [0.2, 0.25) is 0 Å². The molecule has 0 saturated heterocycles. The van der Waals surface area contributed by atoms with E-state index in [1.807, 2.05) is 16.9 Å². The summed E-state index contributed by atoms with van der Waals surface area (Å²) in [6, 6.07) is 7.05. The topological polar surface area (TPSA) is 85.4 Å². The van der Waals surface area contributed by atoms with Gasteiger partial charge in [-0.2, -0.15) is 0 Å². The number of aryl methyl sites for hydroxylation is 2. The van der Waals surface area contributed by atoms with Crippen LogP contribution in [0.4, 0.5) is 0 Å². The summed E-state index contributed by atoms with van der Waals surface area (Å²) in [5, 5.41) is 0. The molecule has 0 fully saturated rings. The van der Waals surface area contributed by atoms with Gasteiger partial charge in [0.2, 0.25) is 0 Å². The summed E-state index contributed by atoms with van der Waals surface area (Å²) in [4.78, 5) is 15.6. The Morgan fingerprint density at radius 2 is 2.00 bits per heavy atom. The van der Waals surface area contributed by atoms with E-state index in [-0.39, 0.29) is 11.5 Å². The molecule has 1 aliphatic carbocycles. The third-order valence-electron chi connectivity index (χ3n) is 3.68. The molecule has 0 radical (unpaired) electrons. The Labute approximate surface area is 148 Å². The summed E-state index contributed by atoms with van der Waals surface area (Å²) in [5.74, 6) is -0.178. The van der Waals surface area contributed by atoms with Crippen molar-refractivity contribution in [1.82, 2.24) is 9.71 Å². The molecular weight excluding hydrogens is 396 g/mol. The average Bonchev–Trinajstić information content (AvgIpc) is 3.00. The van der Waals surface area contributed by atoms with Crippen LogP contribution < -0.4 is 9.46 Å². The van der Waals surface area contributed by atoms with Crippen molar-refractivity contribution in [3.63, 3.8) is 0 Å². The lowest BCUT2D eigenvalue weighted by atomic mass is 10.1. The minimum Gasteiger partial charge on any atom is -0.484 e. The maximum Gasteiger partial charge on any atom is 0.271 e. The molecule has 1 aliphatic rings. The quantitative estimate of drug-likeness (QED) is 0.816. The van der Waals surface area contributed by atoms with Crippen LogP contribution in [0.5, 0.6) is 5.75 Å². The number of halogens is 1. The predicted molar refractivity (Wildman–Crippen MR) is 91.2 cm³/mol. The van der Waals surface area contributed by atoms with Crippen molar-refractivity contribution in [3.05, 3.63) is 52.3 Å². The van der Waals surface area contributed by atoms with E-state index >= 15 is 0 Å². The molecule has 1 N–H and O–H groups in total. The molecule has 2 aromatic rings. The number of nitrogens with one attached hydrogen (secondary N) is 1. The van der Waals surface area contributed by atoms with Crippen molar-refractivity contribution in [2.45, 2.75) is 24.2 Å². The van der Waals surface area contributed by atoms with Gasteiger partial charge in [-0.15, -0.1) is 0 Å². The molecule has 0 spiro atoms. The number of carbonyl (C=O) groups is 1. The van der Waals surface area contributed by atoms with E-state index in [1.54, 1.807) is 6.07 Å². The second kappa shape index (κ2) is 6.90. The van der Waals surface area contributed by atoms with Gasteiger partial charge in [-0.3, -0.25) is 9.78 Å². The predicted octanol–water partition coefficient (Wildman–Crippen LogP) is 2.22. The highest BCUT2D eigenvalue weighted by Crippen LogP contribution is 2.26. The Balaban J connectivity index is 1.61. The summed E-state index contributed by atoms with van der Waals surface area (Å²) in [6.45, 7) is -0.376. The lowest BCUT2D eigenvalue weighted by Gasteiger charge is -2.09. The monoisotopic (exact) mass is 410 g/mol. The Morgan fingerprint density at radius 1 is 1.21 bits per heavy atom. The van der Waals surface area contributed by atoms with Gasteiger partial charge in [-0.25, -0.2) is 13.1 Å². The van der Waals surface area contributed by atoms with Gasteiger partial charge in [0.1, 0.15) is 10.6 Å². The maximum absolute atomic E-state index is 12.1. The minimum atomic E-state index is -3.97. The van der Waals surface area contributed by atoms with Crippen molar-refractivity contribution < 1.29 is 17.9 Å². The first kappa shape index (κ1) is 16.9. The number of rotatable bonds is 5. The van der Waals surface area contributed by atoms with Crippen molar-refractivity contribution in [1.29, 1.82) is 0 Å². The van der Waals surface area contributed by atoms with Gasteiger partial charge in [0.05, 0.1) is 0 Å². The molecule has 0 atom stereocenters. The smallest absolute Gasteiger partial charge is 0.271 e. The van der Waals surface area contributed by atoms with Gasteiger partial charge in [0.15, 0.2) is 6.61 Å². The van der Waals surface area contributed by atoms with E-state index in [0.29, 0.717) is 10.2 Å². The van der Waals surface area contributed by atoms with Gasteiger partial charge in [0.25, 0.3) is 15.9 Å². The number of ether oxygens (including phenoxy) is 1. The van der Waals surface area contributed by atoms with Crippen molar-refractivity contribution in [2.75, 3.05) is 6.61 Å². The van der Waals surface area contributed by atoms with E-state index in [2.05, 4.69) is 20.9 Å². The number of aromatic nitrogens is 1. The number of nitrogens with zero attached hydrogens (tertiary/aromatic N) is 1. The standard InChI is InChI=1S/C16H15BrN2O4S/c17-13-7-15(9-18-8-13)24(21,22)19-16(20)10-23-14-5-4-11-2-1-3-12(11)6-14/h4-9H,1-3,10H2,(H,19,20). The van der Waals surface area contributed by atoms with E-state index < -0.39 is 15.9 Å². The normalized spacial score (nSPS) is 13.4. The van der Waals surface area contributed by atoms with Crippen molar-refractivity contribution >= 4 is 31.9 Å². The molecule has 8 heteroatoms. The Hall–Kier alpha value is -1.93. The fourth-order valence-corrected chi connectivity index (χ4v) is 4.04. The third kappa shape index (κ3) is 3.93. The van der Waals surface area contributed by atoms with Gasteiger partial charge < -0.3 is 4.74 Å². The molecule has 6 nitrogen and oxygen atoms in total. The molecule has 24 heavy (non-hydrogen) atoms. The molecule has 0 unspecified atom stereocenters. The second-order valence-corrected chi connectivity index (χ2v) is 8.04. The largest absolute Gasteiger partial charge is 0.484 e. The first-order valence-corrected chi connectivity index (χ1v) is 9.62. The molecule has 1 amide bonds. The Morgan fingerprint density at radius 3 is 2.79 bits per heavy atom. The number of hydrogen-bond acceptors (Lipinski definition) is 5. The zero-order chi connectivity index (χ0) is 17.2. The lowest BCUT2D eigenvalue weighted by molar-refractivity contribution is -0.121. The maximum atomic E-state index is 12.1. The fraction of sp³-hybridized carbons (Fsp3) is 0.250. The van der Waals surface area contributed by atoms with Crippen LogP contribution in [-0.4, -0.2) is 25.9 Å². The molecule has 1 aromatic heterocycles. The summed E-state index contributed by atoms with van der Waals surface area (Å²) >= 11 is 3.14. The van der Waals surface area contributed by atoms with Gasteiger partial charge in [-0.05, 0) is 64.5 Å². The minimum absolute atomic E-state index is 0.0947. The number of hydrogen-bond donors (Lipinski definition) is 1. The molecule has 126 valence electrons. The summed E-state index contributed by atoms with van der Waals surface area (Å²) in [7, 11) is -3.97. The van der Waals surface area contributed by atoms with Crippen LogP contribution in [-0.2, 0) is 27.7 Å². The lowest BCUT2D eigenvalue weighted by Crippen LogP contribution is -2.34. The zero-order valence-corrected chi connectivity index (χ0v) is 15.1. The van der Waals surface area contributed by atoms with Crippen molar-refractivity contribution in [2.24, 2.45) is 0 Å². The number of benzene rings is 1. The van der Waals surface area contributed by atoms with Gasteiger partial charge >= 0.3 is 0 Å². The van der Waals surface area contributed by atoms with E-state index in [0.717, 1.165) is 19.3 Å². The van der Waals surface area contributed by atoms with Crippen LogP contribution >= 0.6 is 15.9 Å². The number of sulfonamides is 1. The van der Waals surface area contributed by atoms with Crippen LogP contribution in [0.25, 0.3) is 0 Å². The van der Waals surface area contributed by atoms with Crippen molar-refractivity contribution in [3.8, 4) is 5.75 Å². The number of fused-ring (bicyclic) bond motifs is 1. The second-order valence-electron chi connectivity index (χ2n) is 5.44. The van der Waals surface area contributed by atoms with E-state index in [4.69, 9.17) is 4.74 Å². The molecule has 1 heterocycles. The molecular formula is C16H15BrN2O4S. The number of carbonyl (C=O) groups excluding carboxylic acids is 1. The first-order chi connectivity index (χ1) is 11.4. The molecule has 0 aliphatic heterocycles. The first-order valence-electron chi connectivity index (χ1n) is 7.35. The van der Waals surface area contributed by atoms with E-state index in [1.165, 1.54) is 29.6 Å². The third-order valence-corrected chi connectivity index (χ3v) is 5.45. The Bertz CT molecular complexity index is 883. The SMILES string of the molecule is O=C(COc1ccc2c(c1)CCC2)NS(=O)(=O)c1cncc(Br)c1. The molecule has 0 saturated carbocycles. The number of amides is 1. The highest BCUT2D eigenvalue weighted by molar-refractivity contribution is 9.10. The number of pyridine rings is 1. The van der Waals surface area contributed by atoms with Gasteiger partial charge in [-0.1, -0.05) is 6.07 Å². The summed E-state index contributed by atoms with van der Waals surface area (Å²) in [6.07, 6.45) is 5.82. The van der Waals surface area contributed by atoms with Gasteiger partial charge in [0, 0.05) is 16.9 Å². The average molecular weight is 411 g/mol. The van der Waals surface area contributed by atoms with Crippen LogP contribution in [0.3, 0.4) is 0 Å². The molecule has 1 aromatic carbocycles. The van der Waals surface area contributed by atoms with Crippen LogP contribution in [0.15, 0.2) is 46.0 Å². The summed E-state index contributed by atoms with van der Waals surface area (Å²) in [5.41, 5.74) is 2.53. The molecule has 3 rings (SSSR count). The zero-order valence-electron chi connectivity index (χ0n) is 12.7. The van der Waals surface area contributed by atoms with Crippen LogP contribution in [0.1, 0.15) is 17.5 Å². The summed E-state index contributed by atoms with van der Waals surface area (Å²) < 4.78 is 32.1. The van der Waals surface area contributed by atoms with Crippen LogP contribution in [0, 0.1) is 0 Å². The fourth-order valence-electron chi connectivity index (χ4n) is 2.56. The highest BCUT2D eigenvalue weighted by atomic mass is 79.9.